The molecule has 1 heterocycles. The fourth-order valence-electron chi connectivity index (χ4n) is 0.837. The summed E-state index contributed by atoms with van der Waals surface area (Å²) in [6, 6.07) is 0. The van der Waals surface area contributed by atoms with Crippen LogP contribution in [0.3, 0.4) is 0 Å². The van der Waals surface area contributed by atoms with E-state index in [4.69, 9.17) is 0 Å². The van der Waals surface area contributed by atoms with Crippen molar-refractivity contribution < 1.29 is 0 Å². The molecule has 0 saturated heterocycles. The molecule has 0 atom stereocenters. The summed E-state index contributed by atoms with van der Waals surface area (Å²) >= 11 is 2.22. The zero-order valence-corrected chi connectivity index (χ0v) is 9.43. The zero-order valence-electron chi connectivity index (χ0n) is 7.27. The Morgan fingerprint density at radius 2 is 1.83 bits per heavy atom. The summed E-state index contributed by atoms with van der Waals surface area (Å²) in [4.78, 5) is 8.46. The molecule has 0 radical (unpaired) electrons. The topological polar surface area (TPSA) is 49.8 Å². The highest BCUT2D eigenvalue weighted by molar-refractivity contribution is 14.1. The van der Waals surface area contributed by atoms with E-state index in [2.05, 4.69) is 43.2 Å². The van der Waals surface area contributed by atoms with E-state index >= 15 is 0 Å². The lowest BCUT2D eigenvalue weighted by Crippen LogP contribution is -2.04. The fourth-order valence-corrected chi connectivity index (χ4v) is 1.35. The number of anilines is 2. The third kappa shape index (κ3) is 1.77. The summed E-state index contributed by atoms with van der Waals surface area (Å²) in [7, 11) is 3.66. The minimum atomic E-state index is 0.650. The second-order valence-electron chi connectivity index (χ2n) is 2.30. The van der Waals surface area contributed by atoms with Crippen LogP contribution in [0, 0.1) is 10.5 Å². The van der Waals surface area contributed by atoms with Crippen molar-refractivity contribution in [3.63, 3.8) is 0 Å². The summed E-state index contributed by atoms with van der Waals surface area (Å²) < 4.78 is 1.06. The summed E-state index contributed by atoms with van der Waals surface area (Å²) in [5, 5.41) is 5.92. The van der Waals surface area contributed by atoms with Gasteiger partial charge in [-0.15, -0.1) is 0 Å². The Morgan fingerprint density at radius 3 is 2.33 bits per heavy atom. The summed E-state index contributed by atoms with van der Waals surface area (Å²) in [5.41, 5.74) is 0.985. The summed E-state index contributed by atoms with van der Waals surface area (Å²) in [5.74, 6) is 1.52. The van der Waals surface area contributed by atoms with Crippen LogP contribution in [0.4, 0.5) is 11.8 Å². The molecule has 0 aliphatic heterocycles. The third-order valence-electron chi connectivity index (χ3n) is 1.48. The number of aryl methyl sites for hydroxylation is 1. The number of aromatic nitrogens is 2. The van der Waals surface area contributed by atoms with Gasteiger partial charge < -0.3 is 10.6 Å². The molecule has 0 aromatic carbocycles. The average Bonchev–Trinajstić information content (AvgIpc) is 2.09. The van der Waals surface area contributed by atoms with Gasteiger partial charge in [-0.3, -0.25) is 0 Å². The summed E-state index contributed by atoms with van der Waals surface area (Å²) in [6.45, 7) is 1.96. The molecule has 1 aromatic rings. The smallest absolute Gasteiger partial charge is 0.224 e. The van der Waals surface area contributed by atoms with Crippen LogP contribution >= 0.6 is 22.6 Å². The molecule has 1 rings (SSSR count). The van der Waals surface area contributed by atoms with Crippen molar-refractivity contribution in [1.82, 2.24) is 9.97 Å². The second-order valence-corrected chi connectivity index (χ2v) is 3.37. The molecule has 0 amide bonds. The van der Waals surface area contributed by atoms with Gasteiger partial charge in [0.25, 0.3) is 0 Å². The first-order valence-electron chi connectivity index (χ1n) is 3.58. The van der Waals surface area contributed by atoms with Crippen LogP contribution in [-0.2, 0) is 0 Å². The molecule has 0 aliphatic rings. The monoisotopic (exact) mass is 278 g/mol. The number of nitrogens with zero attached hydrogens (tertiary/aromatic N) is 2. The van der Waals surface area contributed by atoms with Gasteiger partial charge in [-0.2, -0.15) is 4.98 Å². The molecule has 0 fully saturated rings. The Hall–Kier alpha value is -0.590. The van der Waals surface area contributed by atoms with Crippen LogP contribution in [0.1, 0.15) is 5.69 Å². The van der Waals surface area contributed by atoms with Gasteiger partial charge >= 0.3 is 0 Å². The third-order valence-corrected chi connectivity index (χ3v) is 2.77. The molecular weight excluding hydrogens is 267 g/mol. The van der Waals surface area contributed by atoms with Gasteiger partial charge in [0, 0.05) is 14.1 Å². The first-order chi connectivity index (χ1) is 5.69. The molecule has 0 unspecified atom stereocenters. The molecule has 0 bridgehead atoms. The highest BCUT2D eigenvalue weighted by Crippen LogP contribution is 2.19. The van der Waals surface area contributed by atoms with Gasteiger partial charge in [0.1, 0.15) is 5.82 Å². The Bertz CT molecular complexity index is 287. The molecule has 4 nitrogen and oxygen atoms in total. The van der Waals surface area contributed by atoms with Crippen LogP contribution in [0.15, 0.2) is 0 Å². The van der Waals surface area contributed by atoms with Gasteiger partial charge in [0.2, 0.25) is 5.95 Å². The number of nitrogens with one attached hydrogen (secondary N) is 2. The molecule has 66 valence electrons. The van der Waals surface area contributed by atoms with Crippen LogP contribution in [-0.4, -0.2) is 24.1 Å². The lowest BCUT2D eigenvalue weighted by atomic mass is 10.4. The predicted molar refractivity (Wildman–Crippen MR) is 58.6 cm³/mol. The maximum Gasteiger partial charge on any atom is 0.224 e. The first kappa shape index (κ1) is 9.50. The molecule has 2 N–H and O–H groups in total. The Kier molecular flexibility index (Phi) is 3.07. The highest BCUT2D eigenvalue weighted by Gasteiger charge is 2.05. The zero-order chi connectivity index (χ0) is 9.14. The summed E-state index contributed by atoms with van der Waals surface area (Å²) in [6.07, 6.45) is 0. The van der Waals surface area contributed by atoms with Gasteiger partial charge in [0.15, 0.2) is 0 Å². The first-order valence-corrected chi connectivity index (χ1v) is 4.66. The van der Waals surface area contributed by atoms with Crippen molar-refractivity contribution in [2.24, 2.45) is 0 Å². The highest BCUT2D eigenvalue weighted by atomic mass is 127. The number of hydrogen-bond donors (Lipinski definition) is 2. The molecule has 0 saturated carbocycles. The van der Waals surface area contributed by atoms with Gasteiger partial charge in [-0.1, -0.05) is 0 Å². The largest absolute Gasteiger partial charge is 0.372 e. The Labute approximate surface area is 85.3 Å². The lowest BCUT2D eigenvalue weighted by Gasteiger charge is -2.07. The van der Waals surface area contributed by atoms with Crippen LogP contribution in [0.2, 0.25) is 0 Å². The predicted octanol–water partition coefficient (Wildman–Crippen LogP) is 1.47. The molecule has 0 spiro atoms. The minimum absolute atomic E-state index is 0.650. The SMILES string of the molecule is CNc1nc(C)c(I)c(NC)n1. The van der Waals surface area contributed by atoms with E-state index in [0.29, 0.717) is 5.95 Å². The van der Waals surface area contributed by atoms with E-state index in [1.165, 1.54) is 0 Å². The van der Waals surface area contributed by atoms with Crippen LogP contribution < -0.4 is 10.6 Å². The van der Waals surface area contributed by atoms with E-state index in [1.54, 1.807) is 7.05 Å². The van der Waals surface area contributed by atoms with Crippen molar-refractivity contribution >= 4 is 34.4 Å². The number of halogens is 1. The van der Waals surface area contributed by atoms with Crippen LogP contribution in [0.5, 0.6) is 0 Å². The minimum Gasteiger partial charge on any atom is -0.372 e. The quantitative estimate of drug-likeness (QED) is 0.804. The number of hydrogen-bond acceptors (Lipinski definition) is 4. The van der Waals surface area contributed by atoms with Crippen molar-refractivity contribution in [3.05, 3.63) is 9.26 Å². The molecule has 12 heavy (non-hydrogen) atoms. The van der Waals surface area contributed by atoms with E-state index in [0.717, 1.165) is 15.1 Å². The fraction of sp³-hybridized carbons (Fsp3) is 0.429. The van der Waals surface area contributed by atoms with Crippen molar-refractivity contribution in [1.29, 1.82) is 0 Å². The van der Waals surface area contributed by atoms with E-state index in [-0.39, 0.29) is 0 Å². The molecular formula is C7H11IN4. The number of rotatable bonds is 2. The second kappa shape index (κ2) is 3.88. The maximum atomic E-state index is 4.23. The lowest BCUT2D eigenvalue weighted by molar-refractivity contribution is 1.07. The molecule has 5 heteroatoms. The average molecular weight is 278 g/mol. The van der Waals surface area contributed by atoms with E-state index in [1.807, 2.05) is 14.0 Å². The van der Waals surface area contributed by atoms with E-state index < -0.39 is 0 Å². The molecule has 1 aromatic heterocycles. The standard InChI is InChI=1S/C7H11IN4/c1-4-5(8)6(9-2)12-7(10-3)11-4/h1-3H3,(H2,9,10,11,12). The van der Waals surface area contributed by atoms with Gasteiger partial charge in [-0.25, -0.2) is 4.98 Å². The Morgan fingerprint density at radius 1 is 1.17 bits per heavy atom. The Balaban J connectivity index is 3.19. The normalized spacial score (nSPS) is 9.67. The van der Waals surface area contributed by atoms with E-state index in [9.17, 15) is 0 Å². The van der Waals surface area contributed by atoms with Crippen LogP contribution in [0.25, 0.3) is 0 Å². The van der Waals surface area contributed by atoms with Crippen molar-refractivity contribution in [2.45, 2.75) is 6.92 Å². The van der Waals surface area contributed by atoms with Gasteiger partial charge in [-0.05, 0) is 29.5 Å². The molecule has 0 aliphatic carbocycles. The van der Waals surface area contributed by atoms with Crippen molar-refractivity contribution in [2.75, 3.05) is 24.7 Å². The van der Waals surface area contributed by atoms with Crippen molar-refractivity contribution in [3.8, 4) is 0 Å². The maximum absolute atomic E-state index is 4.23. The van der Waals surface area contributed by atoms with Gasteiger partial charge in [0.05, 0.1) is 9.26 Å².